The van der Waals surface area contributed by atoms with Gasteiger partial charge in [0.15, 0.2) is 0 Å². The number of unbranched alkanes of at least 4 members (excludes halogenated alkanes) is 23. The molecule has 0 fully saturated rings. The number of rotatable bonds is 31. The first kappa shape index (κ1) is 52.4. The molecule has 0 aliphatic carbocycles. The summed E-state index contributed by atoms with van der Waals surface area (Å²) in [5.74, 6) is 0. The van der Waals surface area contributed by atoms with E-state index in [1.54, 1.807) is 0 Å². The summed E-state index contributed by atoms with van der Waals surface area (Å²) >= 11 is 0. The van der Waals surface area contributed by atoms with Gasteiger partial charge >= 0.3 is 0 Å². The van der Waals surface area contributed by atoms with Crippen molar-refractivity contribution >= 4 is 0 Å². The van der Waals surface area contributed by atoms with Crippen LogP contribution in [-0.2, 0) is 13.1 Å². The summed E-state index contributed by atoms with van der Waals surface area (Å²) in [4.78, 5) is 0. The lowest BCUT2D eigenvalue weighted by molar-refractivity contribution is -0.903. The van der Waals surface area contributed by atoms with Crippen molar-refractivity contribution in [3.05, 3.63) is 71.8 Å². The van der Waals surface area contributed by atoms with Gasteiger partial charge in [-0.15, -0.1) is 0 Å². The summed E-state index contributed by atoms with van der Waals surface area (Å²) in [6.45, 7) is 9.49. The molecule has 0 N–H and O–H groups in total. The standard InChI is InChI=1S/C24H44N.C23H42N.2BrH/c1-4-5-6-7-8-9-10-11-12-13-14-15-19-22-25(2,3)23-24-20-17-16-18-21-24;1-4-5-6-7-8-9-10-11-12-13-14-18-21-24(2,3)22-23-19-16-15-17-20-23;;/h16-18,20-21H,4-15,19,22-23H2,1-3H3;15-17,19-20H,4-14,18,21-22H2,1-3H3;2*1H/q2*+1;;/p-2. The smallest absolute Gasteiger partial charge is 0.104 e. The van der Waals surface area contributed by atoms with Crippen LogP contribution < -0.4 is 34.0 Å². The largest absolute Gasteiger partial charge is 1.00 e. The molecule has 2 nitrogen and oxygen atoms in total. The Morgan fingerprint density at radius 1 is 0.314 bits per heavy atom. The van der Waals surface area contributed by atoms with Crippen molar-refractivity contribution in [2.45, 2.75) is 187 Å². The van der Waals surface area contributed by atoms with E-state index in [4.69, 9.17) is 0 Å². The summed E-state index contributed by atoms with van der Waals surface area (Å²) in [7, 11) is 9.47. The van der Waals surface area contributed by atoms with Gasteiger partial charge in [-0.25, -0.2) is 0 Å². The van der Waals surface area contributed by atoms with Crippen molar-refractivity contribution in [3.63, 3.8) is 0 Å². The second-order valence-corrected chi connectivity index (χ2v) is 16.7. The Hall–Kier alpha value is -0.680. The van der Waals surface area contributed by atoms with Crippen molar-refractivity contribution in [2.24, 2.45) is 0 Å². The maximum atomic E-state index is 2.37. The minimum absolute atomic E-state index is 0. The fourth-order valence-corrected chi connectivity index (χ4v) is 7.25. The van der Waals surface area contributed by atoms with Gasteiger partial charge in [0.1, 0.15) is 13.1 Å². The van der Waals surface area contributed by atoms with E-state index in [2.05, 4.69) is 103 Å². The van der Waals surface area contributed by atoms with Crippen LogP contribution in [0.3, 0.4) is 0 Å². The van der Waals surface area contributed by atoms with Crippen LogP contribution in [0.15, 0.2) is 60.7 Å². The number of hydrogen-bond acceptors (Lipinski definition) is 0. The quantitative estimate of drug-likeness (QED) is 0.0530. The molecular weight excluding hydrogens is 752 g/mol. The van der Waals surface area contributed by atoms with E-state index < -0.39 is 0 Å². The molecular formula is C47H86Br2N2. The molecule has 51 heavy (non-hydrogen) atoms. The van der Waals surface area contributed by atoms with Gasteiger partial charge in [-0.3, -0.25) is 0 Å². The van der Waals surface area contributed by atoms with Crippen LogP contribution in [0.1, 0.15) is 185 Å². The Morgan fingerprint density at radius 2 is 0.529 bits per heavy atom. The van der Waals surface area contributed by atoms with Crippen LogP contribution in [0.2, 0.25) is 0 Å². The van der Waals surface area contributed by atoms with E-state index in [1.807, 2.05) is 0 Å². The van der Waals surface area contributed by atoms with E-state index in [1.165, 1.54) is 185 Å². The Bertz CT molecular complexity index is 947. The Balaban J connectivity index is 0. The minimum atomic E-state index is 0. The monoisotopic (exact) mass is 837 g/mol. The highest BCUT2D eigenvalue weighted by atomic mass is 79.9. The van der Waals surface area contributed by atoms with Crippen LogP contribution in [-0.4, -0.2) is 50.2 Å². The van der Waals surface area contributed by atoms with Crippen LogP contribution >= 0.6 is 0 Å². The first-order chi connectivity index (χ1) is 23.8. The summed E-state index contributed by atoms with van der Waals surface area (Å²) < 4.78 is 2.23. The third-order valence-electron chi connectivity index (χ3n) is 10.4. The average molecular weight is 839 g/mol. The molecule has 0 aliphatic rings. The van der Waals surface area contributed by atoms with Gasteiger partial charge in [-0.05, 0) is 25.7 Å². The summed E-state index contributed by atoms with van der Waals surface area (Å²) in [5, 5.41) is 0. The van der Waals surface area contributed by atoms with Gasteiger partial charge < -0.3 is 42.9 Å². The van der Waals surface area contributed by atoms with E-state index in [0.29, 0.717) is 0 Å². The van der Waals surface area contributed by atoms with Crippen molar-refractivity contribution in [1.29, 1.82) is 0 Å². The van der Waals surface area contributed by atoms with Crippen LogP contribution in [0, 0.1) is 0 Å². The SMILES string of the molecule is CCCCCCCCCCCCCCC[N+](C)(C)Cc1ccccc1.CCCCCCCCCCCCCC[N+](C)(C)Cc1ccccc1.[Br-].[Br-]. The van der Waals surface area contributed by atoms with Gasteiger partial charge in [0.05, 0.1) is 41.3 Å². The summed E-state index contributed by atoms with van der Waals surface area (Å²) in [5.41, 5.74) is 2.92. The molecule has 2 aromatic rings. The first-order valence-corrected chi connectivity index (χ1v) is 21.5. The van der Waals surface area contributed by atoms with Crippen molar-refractivity contribution in [2.75, 3.05) is 41.3 Å². The van der Waals surface area contributed by atoms with Crippen molar-refractivity contribution in [1.82, 2.24) is 0 Å². The summed E-state index contributed by atoms with van der Waals surface area (Å²) in [6, 6.07) is 21.8. The molecule has 2 rings (SSSR count). The van der Waals surface area contributed by atoms with Crippen molar-refractivity contribution in [3.8, 4) is 0 Å². The predicted octanol–water partition coefficient (Wildman–Crippen LogP) is 8.33. The third kappa shape index (κ3) is 34.8. The molecule has 0 bridgehead atoms. The van der Waals surface area contributed by atoms with Crippen LogP contribution in [0.5, 0.6) is 0 Å². The molecule has 4 heteroatoms. The first-order valence-electron chi connectivity index (χ1n) is 21.5. The fraction of sp³-hybridized carbons (Fsp3) is 0.745. The van der Waals surface area contributed by atoms with Gasteiger partial charge in [-0.1, -0.05) is 209 Å². The highest BCUT2D eigenvalue weighted by molar-refractivity contribution is 5.14. The Kier molecular flexibility index (Phi) is 37.3. The minimum Gasteiger partial charge on any atom is -1.00 e. The number of benzene rings is 2. The number of hydrogen-bond donors (Lipinski definition) is 0. The normalized spacial score (nSPS) is 11.3. The molecule has 0 aliphatic heterocycles. The highest BCUT2D eigenvalue weighted by Crippen LogP contribution is 2.16. The lowest BCUT2D eigenvalue weighted by Gasteiger charge is -2.30. The lowest BCUT2D eigenvalue weighted by atomic mass is 10.0. The van der Waals surface area contributed by atoms with Gasteiger partial charge in [-0.2, -0.15) is 0 Å². The number of halogens is 2. The molecule has 0 heterocycles. The van der Waals surface area contributed by atoms with E-state index in [9.17, 15) is 0 Å². The topological polar surface area (TPSA) is 0 Å². The molecule has 0 saturated carbocycles. The van der Waals surface area contributed by atoms with E-state index in [-0.39, 0.29) is 34.0 Å². The highest BCUT2D eigenvalue weighted by Gasteiger charge is 2.16. The molecule has 298 valence electrons. The zero-order chi connectivity index (χ0) is 35.7. The van der Waals surface area contributed by atoms with Gasteiger partial charge in [0, 0.05) is 11.1 Å². The van der Waals surface area contributed by atoms with Crippen LogP contribution in [0.4, 0.5) is 0 Å². The van der Waals surface area contributed by atoms with Gasteiger partial charge in [0.25, 0.3) is 0 Å². The van der Waals surface area contributed by atoms with Crippen molar-refractivity contribution < 1.29 is 42.9 Å². The number of quaternary nitrogens is 2. The second kappa shape index (κ2) is 36.3. The molecule has 0 radical (unpaired) electrons. The zero-order valence-corrected chi connectivity index (χ0v) is 38.1. The average Bonchev–Trinajstić information content (AvgIpc) is 3.08. The molecule has 0 amide bonds. The van der Waals surface area contributed by atoms with E-state index >= 15 is 0 Å². The Labute approximate surface area is 341 Å². The molecule has 2 aromatic carbocycles. The Morgan fingerprint density at radius 3 is 0.765 bits per heavy atom. The maximum absolute atomic E-state index is 2.37. The molecule has 0 unspecified atom stereocenters. The molecule has 0 saturated heterocycles. The molecule has 0 atom stereocenters. The lowest BCUT2D eigenvalue weighted by Crippen LogP contribution is -3.00. The van der Waals surface area contributed by atoms with Crippen LogP contribution in [0.25, 0.3) is 0 Å². The number of nitrogens with zero attached hydrogens (tertiary/aromatic N) is 2. The molecule has 0 aromatic heterocycles. The maximum Gasteiger partial charge on any atom is 0.104 e. The summed E-state index contributed by atoms with van der Waals surface area (Å²) in [6.07, 6.45) is 35.9. The zero-order valence-electron chi connectivity index (χ0n) is 34.9. The third-order valence-corrected chi connectivity index (χ3v) is 10.4. The molecule has 0 spiro atoms. The van der Waals surface area contributed by atoms with E-state index in [0.717, 1.165) is 22.1 Å². The second-order valence-electron chi connectivity index (χ2n) is 16.7. The fourth-order valence-electron chi connectivity index (χ4n) is 7.25. The predicted molar refractivity (Wildman–Crippen MR) is 221 cm³/mol. The van der Waals surface area contributed by atoms with Gasteiger partial charge in [0.2, 0.25) is 0 Å².